The number of likely N-dealkylation sites (tertiary alicyclic amines) is 1. The van der Waals surface area contributed by atoms with Gasteiger partial charge in [-0.15, -0.1) is 0 Å². The van der Waals surface area contributed by atoms with Crippen LogP contribution in [0.1, 0.15) is 34.8 Å². The van der Waals surface area contributed by atoms with Gasteiger partial charge in [0.15, 0.2) is 0 Å². The minimum atomic E-state index is 0.102. The Kier molecular flexibility index (Phi) is 4.74. The fraction of sp³-hybridized carbons (Fsp3) is 0.350. The minimum Gasteiger partial charge on any atom is -0.497 e. The van der Waals surface area contributed by atoms with Crippen LogP contribution in [0.15, 0.2) is 48.5 Å². The number of carbonyl (C=O) groups is 1. The van der Waals surface area contributed by atoms with Gasteiger partial charge in [0.1, 0.15) is 5.75 Å². The Morgan fingerprint density at radius 3 is 2.58 bits per heavy atom. The third kappa shape index (κ3) is 3.23. The van der Waals surface area contributed by atoms with Crippen LogP contribution in [0.25, 0.3) is 0 Å². The molecule has 0 aliphatic carbocycles. The second kappa shape index (κ2) is 6.95. The molecule has 2 aromatic rings. The van der Waals surface area contributed by atoms with Crippen LogP contribution in [0.2, 0.25) is 0 Å². The monoisotopic (exact) mass is 324 g/mol. The Hall–Kier alpha value is -2.49. The Bertz CT molecular complexity index is 710. The summed E-state index contributed by atoms with van der Waals surface area (Å²) in [5, 5.41) is 0. The van der Waals surface area contributed by atoms with Crippen LogP contribution >= 0.6 is 0 Å². The highest BCUT2D eigenvalue weighted by atomic mass is 16.5. The van der Waals surface area contributed by atoms with E-state index in [1.165, 1.54) is 0 Å². The molecule has 2 aromatic carbocycles. The maximum absolute atomic E-state index is 12.9. The molecule has 0 radical (unpaired) electrons. The van der Waals surface area contributed by atoms with Crippen LogP contribution in [-0.2, 0) is 0 Å². The summed E-state index contributed by atoms with van der Waals surface area (Å²) in [4.78, 5) is 17.0. The molecule has 0 saturated carbocycles. The highest BCUT2D eigenvalue weighted by Gasteiger charge is 2.30. The maximum atomic E-state index is 12.9. The van der Waals surface area contributed by atoms with Gasteiger partial charge >= 0.3 is 0 Å². The molecule has 1 saturated heterocycles. The SMILES string of the molecule is COc1cccc([C@@H]2CCCN2C(=O)c2ccc(N(C)C)cc2)c1. The first-order valence-corrected chi connectivity index (χ1v) is 8.32. The number of amides is 1. The second-order valence-corrected chi connectivity index (χ2v) is 6.37. The van der Waals surface area contributed by atoms with Crippen molar-refractivity contribution in [3.63, 3.8) is 0 Å². The van der Waals surface area contributed by atoms with Crippen molar-refractivity contribution in [3.05, 3.63) is 59.7 Å². The van der Waals surface area contributed by atoms with E-state index in [9.17, 15) is 4.79 Å². The summed E-state index contributed by atoms with van der Waals surface area (Å²) in [5.74, 6) is 0.938. The van der Waals surface area contributed by atoms with Crippen molar-refractivity contribution < 1.29 is 9.53 Å². The summed E-state index contributed by atoms with van der Waals surface area (Å²) in [6.45, 7) is 0.802. The molecule has 1 aliphatic heterocycles. The number of benzene rings is 2. The molecule has 0 N–H and O–H groups in total. The molecule has 4 nitrogen and oxygen atoms in total. The van der Waals surface area contributed by atoms with Crippen molar-refractivity contribution in [1.82, 2.24) is 4.90 Å². The average molecular weight is 324 g/mol. The number of anilines is 1. The molecule has 24 heavy (non-hydrogen) atoms. The van der Waals surface area contributed by atoms with E-state index in [4.69, 9.17) is 4.74 Å². The zero-order valence-corrected chi connectivity index (χ0v) is 14.5. The van der Waals surface area contributed by atoms with Gasteiger partial charge in [-0.3, -0.25) is 4.79 Å². The number of carbonyl (C=O) groups excluding carboxylic acids is 1. The minimum absolute atomic E-state index is 0.102. The van der Waals surface area contributed by atoms with Gasteiger partial charge < -0.3 is 14.5 Å². The Balaban J connectivity index is 1.82. The standard InChI is InChI=1S/C20H24N2O2/c1-21(2)17-11-9-15(10-12-17)20(23)22-13-5-8-19(22)16-6-4-7-18(14-16)24-3/h4,6-7,9-12,14,19H,5,8,13H2,1-3H3/t19-/m0/s1. The quantitative estimate of drug-likeness (QED) is 0.859. The summed E-state index contributed by atoms with van der Waals surface area (Å²) in [5.41, 5.74) is 2.98. The molecule has 1 aliphatic rings. The number of ether oxygens (including phenoxy) is 1. The molecule has 0 aromatic heterocycles. The van der Waals surface area contributed by atoms with E-state index < -0.39 is 0 Å². The van der Waals surface area contributed by atoms with Gasteiger partial charge in [0.2, 0.25) is 0 Å². The molecule has 1 heterocycles. The molecule has 1 atom stereocenters. The van der Waals surface area contributed by atoms with E-state index in [0.29, 0.717) is 0 Å². The van der Waals surface area contributed by atoms with E-state index in [2.05, 4.69) is 6.07 Å². The van der Waals surface area contributed by atoms with E-state index in [0.717, 1.165) is 42.0 Å². The molecule has 3 rings (SSSR count). The number of methoxy groups -OCH3 is 1. The van der Waals surface area contributed by atoms with E-state index in [-0.39, 0.29) is 11.9 Å². The van der Waals surface area contributed by atoms with Gasteiger partial charge in [-0.05, 0) is 54.8 Å². The zero-order valence-electron chi connectivity index (χ0n) is 14.5. The summed E-state index contributed by atoms with van der Waals surface area (Å²) >= 11 is 0. The maximum Gasteiger partial charge on any atom is 0.254 e. The van der Waals surface area contributed by atoms with Crippen molar-refractivity contribution >= 4 is 11.6 Å². The van der Waals surface area contributed by atoms with Gasteiger partial charge in [-0.1, -0.05) is 12.1 Å². The summed E-state index contributed by atoms with van der Waals surface area (Å²) in [7, 11) is 5.66. The number of hydrogen-bond acceptors (Lipinski definition) is 3. The fourth-order valence-corrected chi connectivity index (χ4v) is 3.27. The molecular formula is C20H24N2O2. The summed E-state index contributed by atoms with van der Waals surface area (Å²) in [6, 6.07) is 16.0. The van der Waals surface area contributed by atoms with Crippen molar-refractivity contribution in [1.29, 1.82) is 0 Å². The zero-order chi connectivity index (χ0) is 17.1. The Morgan fingerprint density at radius 2 is 1.92 bits per heavy atom. The van der Waals surface area contributed by atoms with Gasteiger partial charge in [-0.25, -0.2) is 0 Å². The van der Waals surface area contributed by atoms with E-state index in [1.54, 1.807) is 7.11 Å². The normalized spacial score (nSPS) is 17.0. The van der Waals surface area contributed by atoms with Crippen LogP contribution in [0.4, 0.5) is 5.69 Å². The molecule has 1 amide bonds. The van der Waals surface area contributed by atoms with Crippen LogP contribution in [0.5, 0.6) is 5.75 Å². The Morgan fingerprint density at radius 1 is 1.17 bits per heavy atom. The second-order valence-electron chi connectivity index (χ2n) is 6.37. The third-order valence-corrected chi connectivity index (χ3v) is 4.62. The van der Waals surface area contributed by atoms with Gasteiger partial charge in [0, 0.05) is 31.9 Å². The lowest BCUT2D eigenvalue weighted by Gasteiger charge is -2.25. The fourth-order valence-electron chi connectivity index (χ4n) is 3.27. The van der Waals surface area contributed by atoms with Gasteiger partial charge in [-0.2, -0.15) is 0 Å². The average Bonchev–Trinajstić information content (AvgIpc) is 3.11. The first-order chi connectivity index (χ1) is 11.6. The predicted molar refractivity (Wildman–Crippen MR) is 96.8 cm³/mol. The molecule has 1 fully saturated rings. The lowest BCUT2D eigenvalue weighted by molar-refractivity contribution is 0.0735. The highest BCUT2D eigenvalue weighted by molar-refractivity contribution is 5.95. The van der Waals surface area contributed by atoms with Crippen LogP contribution in [0.3, 0.4) is 0 Å². The largest absolute Gasteiger partial charge is 0.497 e. The lowest BCUT2D eigenvalue weighted by atomic mass is 10.0. The number of nitrogens with zero attached hydrogens (tertiary/aromatic N) is 2. The van der Waals surface area contributed by atoms with Gasteiger partial charge in [0.05, 0.1) is 13.2 Å². The van der Waals surface area contributed by atoms with Crippen LogP contribution < -0.4 is 9.64 Å². The van der Waals surface area contributed by atoms with Crippen molar-refractivity contribution in [2.45, 2.75) is 18.9 Å². The highest BCUT2D eigenvalue weighted by Crippen LogP contribution is 2.34. The molecule has 0 spiro atoms. The van der Waals surface area contributed by atoms with E-state index in [1.807, 2.05) is 66.4 Å². The summed E-state index contributed by atoms with van der Waals surface area (Å²) < 4.78 is 5.32. The van der Waals surface area contributed by atoms with E-state index >= 15 is 0 Å². The number of hydrogen-bond donors (Lipinski definition) is 0. The first-order valence-electron chi connectivity index (χ1n) is 8.32. The third-order valence-electron chi connectivity index (χ3n) is 4.62. The smallest absolute Gasteiger partial charge is 0.254 e. The lowest BCUT2D eigenvalue weighted by Crippen LogP contribution is -2.30. The predicted octanol–water partition coefficient (Wildman–Crippen LogP) is 3.74. The Labute approximate surface area is 143 Å². The van der Waals surface area contributed by atoms with Crippen LogP contribution in [-0.4, -0.2) is 38.6 Å². The summed E-state index contributed by atoms with van der Waals surface area (Å²) in [6.07, 6.45) is 2.03. The van der Waals surface area contributed by atoms with Crippen molar-refractivity contribution in [3.8, 4) is 5.75 Å². The van der Waals surface area contributed by atoms with Gasteiger partial charge in [0.25, 0.3) is 5.91 Å². The number of rotatable bonds is 4. The van der Waals surface area contributed by atoms with Crippen molar-refractivity contribution in [2.75, 3.05) is 32.6 Å². The molecule has 0 unspecified atom stereocenters. The van der Waals surface area contributed by atoms with Crippen LogP contribution in [0, 0.1) is 0 Å². The van der Waals surface area contributed by atoms with Crippen molar-refractivity contribution in [2.24, 2.45) is 0 Å². The molecule has 0 bridgehead atoms. The topological polar surface area (TPSA) is 32.8 Å². The molecule has 126 valence electrons. The molecular weight excluding hydrogens is 300 g/mol. The molecule has 4 heteroatoms. The first kappa shape index (κ1) is 16.4.